The van der Waals surface area contributed by atoms with Gasteiger partial charge in [-0.3, -0.25) is 9.59 Å². The first-order chi connectivity index (χ1) is 9.15. The summed E-state index contributed by atoms with van der Waals surface area (Å²) in [7, 11) is 1.83. The van der Waals surface area contributed by atoms with Crippen LogP contribution < -0.4 is 0 Å². The molecule has 1 aromatic carbocycles. The molecule has 1 aromatic rings. The van der Waals surface area contributed by atoms with Gasteiger partial charge in [-0.1, -0.05) is 43.7 Å². The number of amides is 1. The Bertz CT molecular complexity index is 400. The molecule has 0 aliphatic rings. The van der Waals surface area contributed by atoms with Crippen molar-refractivity contribution >= 4 is 11.7 Å². The van der Waals surface area contributed by atoms with Crippen LogP contribution in [0.4, 0.5) is 0 Å². The summed E-state index contributed by atoms with van der Waals surface area (Å²) in [6, 6.07) is 9.24. The zero-order chi connectivity index (χ0) is 14.1. The van der Waals surface area contributed by atoms with Crippen LogP contribution in [0.5, 0.6) is 0 Å². The first kappa shape index (κ1) is 15.4. The Kier molecular flexibility index (Phi) is 6.86. The number of carbonyl (C=O) groups excluding carboxylic acids is 2. The van der Waals surface area contributed by atoms with Crippen molar-refractivity contribution in [3.63, 3.8) is 0 Å². The summed E-state index contributed by atoms with van der Waals surface area (Å²) in [5.41, 5.74) is 0.731. The van der Waals surface area contributed by atoms with Gasteiger partial charge in [-0.25, -0.2) is 0 Å². The van der Waals surface area contributed by atoms with Crippen molar-refractivity contribution in [1.82, 2.24) is 4.90 Å². The van der Waals surface area contributed by atoms with Gasteiger partial charge < -0.3 is 4.90 Å². The Morgan fingerprint density at radius 2 is 1.74 bits per heavy atom. The van der Waals surface area contributed by atoms with Gasteiger partial charge in [0.25, 0.3) is 0 Å². The molecule has 0 unspecified atom stereocenters. The highest BCUT2D eigenvalue weighted by molar-refractivity contribution is 5.96. The lowest BCUT2D eigenvalue weighted by molar-refractivity contribution is -0.130. The molecule has 0 spiro atoms. The van der Waals surface area contributed by atoms with E-state index in [-0.39, 0.29) is 11.7 Å². The predicted octanol–water partition coefficient (Wildman–Crippen LogP) is 3.30. The van der Waals surface area contributed by atoms with Crippen LogP contribution in [0.1, 0.15) is 49.4 Å². The van der Waals surface area contributed by atoms with Gasteiger partial charge in [-0.05, 0) is 12.8 Å². The molecule has 0 saturated carbocycles. The number of Topliss-reactive ketones (excluding diaryl/α,β-unsaturated/α-hetero) is 1. The topological polar surface area (TPSA) is 37.4 Å². The lowest BCUT2D eigenvalue weighted by atomic mass is 10.1. The fraction of sp³-hybridized carbons (Fsp3) is 0.500. The van der Waals surface area contributed by atoms with E-state index in [1.807, 2.05) is 37.4 Å². The van der Waals surface area contributed by atoms with E-state index in [1.54, 1.807) is 4.90 Å². The van der Waals surface area contributed by atoms with E-state index in [0.29, 0.717) is 19.3 Å². The number of rotatable bonds is 8. The van der Waals surface area contributed by atoms with Crippen molar-refractivity contribution < 1.29 is 9.59 Å². The molecule has 0 aliphatic carbocycles. The summed E-state index contributed by atoms with van der Waals surface area (Å²) in [5.74, 6) is 0.249. The highest BCUT2D eigenvalue weighted by Crippen LogP contribution is 2.08. The fourth-order valence-corrected chi connectivity index (χ4v) is 1.88. The monoisotopic (exact) mass is 261 g/mol. The Morgan fingerprint density at radius 3 is 2.37 bits per heavy atom. The standard InChI is InChI=1S/C16H23NO2/c1-3-4-13-17(2)16(19)12-8-11-15(18)14-9-6-5-7-10-14/h5-7,9-10H,3-4,8,11-13H2,1-2H3. The van der Waals surface area contributed by atoms with Gasteiger partial charge in [-0.2, -0.15) is 0 Å². The molecule has 0 saturated heterocycles. The molecule has 0 aliphatic heterocycles. The normalized spacial score (nSPS) is 10.2. The van der Waals surface area contributed by atoms with Crippen molar-refractivity contribution in [1.29, 1.82) is 0 Å². The van der Waals surface area contributed by atoms with Gasteiger partial charge in [0.1, 0.15) is 0 Å². The van der Waals surface area contributed by atoms with Crippen molar-refractivity contribution in [3.05, 3.63) is 35.9 Å². The second-order valence-corrected chi connectivity index (χ2v) is 4.81. The van der Waals surface area contributed by atoms with Crippen LogP contribution in [0.15, 0.2) is 30.3 Å². The van der Waals surface area contributed by atoms with E-state index < -0.39 is 0 Å². The van der Waals surface area contributed by atoms with Gasteiger partial charge in [0.05, 0.1) is 0 Å². The first-order valence-electron chi connectivity index (χ1n) is 6.97. The number of ketones is 1. The average Bonchev–Trinajstić information content (AvgIpc) is 2.45. The van der Waals surface area contributed by atoms with E-state index in [9.17, 15) is 9.59 Å². The van der Waals surface area contributed by atoms with Crippen LogP contribution in [0, 0.1) is 0 Å². The summed E-state index contributed by atoms with van der Waals surface area (Å²) in [5, 5.41) is 0. The SMILES string of the molecule is CCCCN(C)C(=O)CCCC(=O)c1ccccc1. The van der Waals surface area contributed by atoms with Gasteiger partial charge >= 0.3 is 0 Å². The minimum absolute atomic E-state index is 0.115. The van der Waals surface area contributed by atoms with Crippen LogP contribution in [-0.2, 0) is 4.79 Å². The number of hydrogen-bond acceptors (Lipinski definition) is 2. The molecular weight excluding hydrogens is 238 g/mol. The maximum atomic E-state index is 11.8. The van der Waals surface area contributed by atoms with Crippen LogP contribution >= 0.6 is 0 Å². The number of benzene rings is 1. The molecule has 0 heterocycles. The van der Waals surface area contributed by atoms with Crippen LogP contribution in [0.2, 0.25) is 0 Å². The van der Waals surface area contributed by atoms with E-state index in [4.69, 9.17) is 0 Å². The van der Waals surface area contributed by atoms with Crippen molar-refractivity contribution in [3.8, 4) is 0 Å². The lowest BCUT2D eigenvalue weighted by Gasteiger charge is -2.16. The first-order valence-corrected chi connectivity index (χ1v) is 6.97. The van der Waals surface area contributed by atoms with E-state index in [1.165, 1.54) is 0 Å². The van der Waals surface area contributed by atoms with E-state index in [0.717, 1.165) is 24.9 Å². The molecule has 3 nitrogen and oxygen atoms in total. The van der Waals surface area contributed by atoms with Crippen molar-refractivity contribution in [2.24, 2.45) is 0 Å². The fourth-order valence-electron chi connectivity index (χ4n) is 1.88. The maximum absolute atomic E-state index is 11.8. The number of hydrogen-bond donors (Lipinski definition) is 0. The number of carbonyl (C=O) groups is 2. The lowest BCUT2D eigenvalue weighted by Crippen LogP contribution is -2.27. The molecule has 0 fully saturated rings. The molecule has 0 radical (unpaired) electrons. The zero-order valence-electron chi connectivity index (χ0n) is 11.9. The van der Waals surface area contributed by atoms with Crippen molar-refractivity contribution in [2.75, 3.05) is 13.6 Å². The Labute approximate surface area is 115 Å². The molecule has 0 aromatic heterocycles. The Morgan fingerprint density at radius 1 is 1.05 bits per heavy atom. The predicted molar refractivity (Wildman–Crippen MR) is 77.2 cm³/mol. The van der Waals surface area contributed by atoms with E-state index in [2.05, 4.69) is 6.92 Å². The van der Waals surface area contributed by atoms with Gasteiger partial charge in [-0.15, -0.1) is 0 Å². The quantitative estimate of drug-likeness (QED) is 0.673. The minimum atomic E-state index is 0.115. The van der Waals surface area contributed by atoms with Gasteiger partial charge in [0, 0.05) is 32.0 Å². The molecular formula is C16H23NO2. The zero-order valence-corrected chi connectivity index (χ0v) is 11.9. The highest BCUT2D eigenvalue weighted by atomic mass is 16.2. The Balaban J connectivity index is 2.27. The summed E-state index contributed by atoms with van der Waals surface area (Å²) in [6.07, 6.45) is 3.65. The summed E-state index contributed by atoms with van der Waals surface area (Å²) in [4.78, 5) is 25.4. The average molecular weight is 261 g/mol. The van der Waals surface area contributed by atoms with Crippen molar-refractivity contribution in [2.45, 2.75) is 39.0 Å². The molecule has 19 heavy (non-hydrogen) atoms. The molecule has 0 bridgehead atoms. The molecule has 1 amide bonds. The van der Waals surface area contributed by atoms with Crippen LogP contribution in [-0.4, -0.2) is 30.2 Å². The number of unbranched alkanes of at least 4 members (excludes halogenated alkanes) is 1. The Hall–Kier alpha value is -1.64. The van der Waals surface area contributed by atoms with Gasteiger partial charge in [0.2, 0.25) is 5.91 Å². The third kappa shape index (κ3) is 5.69. The maximum Gasteiger partial charge on any atom is 0.222 e. The second-order valence-electron chi connectivity index (χ2n) is 4.81. The van der Waals surface area contributed by atoms with Gasteiger partial charge in [0.15, 0.2) is 5.78 Å². The summed E-state index contributed by atoms with van der Waals surface area (Å²) < 4.78 is 0. The highest BCUT2D eigenvalue weighted by Gasteiger charge is 2.10. The summed E-state index contributed by atoms with van der Waals surface area (Å²) in [6.45, 7) is 2.92. The molecule has 0 N–H and O–H groups in total. The molecule has 3 heteroatoms. The molecule has 1 rings (SSSR count). The third-order valence-electron chi connectivity index (χ3n) is 3.16. The van der Waals surface area contributed by atoms with Crippen LogP contribution in [0.3, 0.4) is 0 Å². The molecule has 104 valence electrons. The molecule has 0 atom stereocenters. The van der Waals surface area contributed by atoms with E-state index >= 15 is 0 Å². The number of nitrogens with zero attached hydrogens (tertiary/aromatic N) is 1. The minimum Gasteiger partial charge on any atom is -0.346 e. The third-order valence-corrected chi connectivity index (χ3v) is 3.16. The largest absolute Gasteiger partial charge is 0.346 e. The second kappa shape index (κ2) is 8.46. The smallest absolute Gasteiger partial charge is 0.222 e. The summed E-state index contributed by atoms with van der Waals surface area (Å²) >= 11 is 0. The van der Waals surface area contributed by atoms with Crippen LogP contribution in [0.25, 0.3) is 0 Å².